The van der Waals surface area contributed by atoms with E-state index in [2.05, 4.69) is 104 Å². The first-order valence-corrected chi connectivity index (χ1v) is 17.0. The van der Waals surface area contributed by atoms with E-state index in [1.807, 2.05) is 24.3 Å². The predicted molar refractivity (Wildman–Crippen MR) is 213 cm³/mol. The molecular weight excluding hydrogens is 766 g/mol. The van der Waals surface area contributed by atoms with Gasteiger partial charge in [0.1, 0.15) is 0 Å². The van der Waals surface area contributed by atoms with Crippen LogP contribution in [0, 0.1) is 55.4 Å². The number of carbonyl (C=O) groups is 2. The van der Waals surface area contributed by atoms with Crippen molar-refractivity contribution in [3.8, 4) is 0 Å². The van der Waals surface area contributed by atoms with Crippen LogP contribution in [0.15, 0.2) is 106 Å². The van der Waals surface area contributed by atoms with Crippen molar-refractivity contribution >= 4 is 46.0 Å². The Hall–Kier alpha value is -4.77. The Labute approximate surface area is 341 Å². The largest absolute Gasteiger partial charge is 2.00 e. The molecule has 0 aliphatic carbocycles. The van der Waals surface area contributed by atoms with E-state index in [0.717, 1.165) is 57.2 Å². The summed E-state index contributed by atoms with van der Waals surface area (Å²) in [6, 6.07) is 24.8. The van der Waals surface area contributed by atoms with Gasteiger partial charge in [-0.25, -0.2) is 0 Å². The maximum Gasteiger partial charge on any atom is 2.00 e. The summed E-state index contributed by atoms with van der Waals surface area (Å²) in [5.41, 5.74) is 12.5. The minimum absolute atomic E-state index is 0. The number of amidine groups is 2. The number of carbonyl (C=O) groups excluding carboxylic acids is 2. The van der Waals surface area contributed by atoms with Crippen molar-refractivity contribution in [2.45, 2.75) is 83.1 Å². The van der Waals surface area contributed by atoms with Crippen molar-refractivity contribution in [1.82, 2.24) is 0 Å². The maximum atomic E-state index is 9.98. The number of aryl methyl sites for hydroxylation is 8. The first kappa shape index (κ1) is 49.2. The van der Waals surface area contributed by atoms with E-state index in [-0.39, 0.29) is 56.1 Å². The number of allylic oxidation sites excluding steroid dienone is 4. The molecule has 0 saturated heterocycles. The van der Waals surface area contributed by atoms with E-state index >= 15 is 0 Å². The van der Waals surface area contributed by atoms with Gasteiger partial charge in [0.15, 0.2) is 11.6 Å². The number of hydrogen-bond acceptors (Lipinski definition) is 6. The third-order valence-corrected chi connectivity index (χ3v) is 7.26. The second-order valence-corrected chi connectivity index (χ2v) is 13.0. The fourth-order valence-electron chi connectivity index (χ4n) is 5.21. The van der Waals surface area contributed by atoms with E-state index in [1.165, 1.54) is 49.9 Å². The molecule has 4 aromatic rings. The summed E-state index contributed by atoms with van der Waals surface area (Å²) in [6.07, 6.45) is 2.11. The number of nitrogens with zero attached hydrogens (tertiary/aromatic N) is 4. The van der Waals surface area contributed by atoms with Gasteiger partial charge in [-0.1, -0.05) is 121 Å². The second kappa shape index (κ2) is 23.8. The Morgan fingerprint density at radius 3 is 0.944 bits per heavy atom. The van der Waals surface area contributed by atoms with Crippen LogP contribution in [0.4, 0.5) is 22.7 Å². The standard InChI is InChI=1S/C34H36N4.2C5H8O2.2Ni/c1-21-9-13-29(14-10-21)35-33(37-31-25(5)17-23(3)18-26(31)6)34(36-30-15-11-22(2)12-16-30)38-32-27(7)19-24(4)20-28(32)8;2*1-4(6)3-5(2)7;;/h9-20H,1-8H3;2*3,6H,1-2H3;;/q-2;;;2*+2/p-2/b;2*4-3-;;. The summed E-state index contributed by atoms with van der Waals surface area (Å²) in [4.78, 5) is 30.2. The Morgan fingerprint density at radius 1 is 0.481 bits per heavy atom. The molecule has 8 nitrogen and oxygen atoms in total. The summed E-state index contributed by atoms with van der Waals surface area (Å²) >= 11 is 0. The molecule has 0 saturated carbocycles. The van der Waals surface area contributed by atoms with Gasteiger partial charge in [0.2, 0.25) is 0 Å². The molecule has 0 aliphatic rings. The molecule has 0 amide bonds. The Bertz CT molecular complexity index is 1800. The fraction of sp³-hybridized carbons (Fsp3) is 0.273. The van der Waals surface area contributed by atoms with E-state index in [4.69, 9.17) is 20.6 Å². The molecule has 4 rings (SSSR count). The van der Waals surface area contributed by atoms with Crippen LogP contribution in [0.1, 0.15) is 72.2 Å². The minimum Gasteiger partial charge on any atom is -0.876 e. The molecule has 10 heteroatoms. The fourth-order valence-corrected chi connectivity index (χ4v) is 5.21. The van der Waals surface area contributed by atoms with Gasteiger partial charge in [0, 0.05) is 0 Å². The number of ketones is 2. The van der Waals surface area contributed by atoms with Gasteiger partial charge < -0.3 is 30.8 Å². The number of benzene rings is 4. The van der Waals surface area contributed by atoms with Crippen molar-refractivity contribution in [2.75, 3.05) is 0 Å². The monoisotopic (exact) mass is 814 g/mol. The number of hydrogen-bond donors (Lipinski definition) is 0. The molecule has 4 aromatic carbocycles. The van der Waals surface area contributed by atoms with Crippen LogP contribution in [0.5, 0.6) is 0 Å². The van der Waals surface area contributed by atoms with Gasteiger partial charge in [0.05, 0.1) is 0 Å². The van der Waals surface area contributed by atoms with Crippen molar-refractivity contribution in [1.29, 1.82) is 0 Å². The Kier molecular flexibility index (Phi) is 21.7. The van der Waals surface area contributed by atoms with Crippen LogP contribution in [-0.2, 0) is 42.6 Å². The zero-order valence-electron chi connectivity index (χ0n) is 33.1. The summed E-state index contributed by atoms with van der Waals surface area (Å²) in [7, 11) is 0. The molecule has 0 N–H and O–H groups in total. The van der Waals surface area contributed by atoms with Gasteiger partial charge in [-0.2, -0.15) is 0 Å². The minimum atomic E-state index is -0.187. The number of aliphatic imine (C=N–C) groups is 2. The summed E-state index contributed by atoms with van der Waals surface area (Å²) in [5, 5.41) is 30.0. The second-order valence-electron chi connectivity index (χ2n) is 13.0. The molecule has 0 heterocycles. The van der Waals surface area contributed by atoms with E-state index < -0.39 is 0 Å². The average molecular weight is 816 g/mol. The first-order chi connectivity index (χ1) is 24.3. The van der Waals surface area contributed by atoms with E-state index in [0.29, 0.717) is 11.7 Å². The Morgan fingerprint density at radius 2 is 0.741 bits per heavy atom. The zero-order chi connectivity index (χ0) is 39.1. The van der Waals surface area contributed by atoms with Gasteiger partial charge >= 0.3 is 33.0 Å². The molecular formula is C44H50N4Ni2O4. The van der Waals surface area contributed by atoms with Crippen LogP contribution in [-0.4, -0.2) is 23.2 Å². The topological polar surface area (TPSA) is 133 Å². The van der Waals surface area contributed by atoms with Crippen molar-refractivity contribution in [2.24, 2.45) is 9.98 Å². The maximum absolute atomic E-state index is 9.98. The van der Waals surface area contributed by atoms with Crippen molar-refractivity contribution in [3.05, 3.63) is 152 Å². The average Bonchev–Trinajstić information content (AvgIpc) is 3.01. The zero-order valence-corrected chi connectivity index (χ0v) is 35.1. The quantitative estimate of drug-likeness (QED) is 0.0630. The molecule has 0 fully saturated rings. The third kappa shape index (κ3) is 17.8. The van der Waals surface area contributed by atoms with Crippen LogP contribution in [0.25, 0.3) is 10.6 Å². The molecule has 0 aromatic heterocycles. The molecule has 0 aliphatic heterocycles. The van der Waals surface area contributed by atoms with Crippen LogP contribution < -0.4 is 10.2 Å². The normalized spacial score (nSPS) is 11.4. The van der Waals surface area contributed by atoms with Gasteiger partial charge in [-0.3, -0.25) is 9.59 Å². The third-order valence-electron chi connectivity index (χ3n) is 7.26. The molecule has 0 atom stereocenters. The van der Waals surface area contributed by atoms with Crippen LogP contribution in [0.2, 0.25) is 0 Å². The van der Waals surface area contributed by atoms with Gasteiger partial charge in [-0.15, -0.1) is 11.5 Å². The van der Waals surface area contributed by atoms with Crippen molar-refractivity contribution < 1.29 is 52.8 Å². The number of rotatable bonds is 6. The summed E-state index contributed by atoms with van der Waals surface area (Å²) in [6.45, 7) is 22.1. The molecule has 0 bridgehead atoms. The molecule has 0 radical (unpaired) electrons. The first-order valence-electron chi connectivity index (χ1n) is 17.0. The molecule has 290 valence electrons. The summed E-state index contributed by atoms with van der Waals surface area (Å²) < 4.78 is 0. The van der Waals surface area contributed by atoms with Gasteiger partial charge in [0.25, 0.3) is 0 Å². The smallest absolute Gasteiger partial charge is 0.876 e. The Balaban J connectivity index is 0.00000149. The summed E-state index contributed by atoms with van der Waals surface area (Å²) in [5.74, 6) is 0.202. The molecule has 0 unspecified atom stereocenters. The van der Waals surface area contributed by atoms with Crippen molar-refractivity contribution in [3.63, 3.8) is 0 Å². The van der Waals surface area contributed by atoms with Crippen LogP contribution in [0.3, 0.4) is 0 Å². The van der Waals surface area contributed by atoms with Crippen LogP contribution >= 0.6 is 0 Å². The molecule has 54 heavy (non-hydrogen) atoms. The SMILES string of the molecule is CC(=O)/C=C(/C)[O-].CC(=O)/C=C(/C)[O-].Cc1ccc([N-]C(=Nc2c(C)cc(C)cc2C)C(=Nc2c(C)cc(C)cc2C)[N-]c2ccc(C)cc2)cc1.[Ni+2].[Ni+2]. The van der Waals surface area contributed by atoms with Gasteiger partial charge in [-0.05, 0) is 126 Å². The van der Waals surface area contributed by atoms with E-state index in [1.54, 1.807) is 0 Å². The van der Waals surface area contributed by atoms with E-state index in [9.17, 15) is 19.8 Å². The predicted octanol–water partition coefficient (Wildman–Crippen LogP) is 10.00. The molecule has 0 spiro atoms.